The number of aliphatic hydroxyl groups excluding tert-OH is 1. The molecule has 2 atom stereocenters. The molecule has 1 heterocycles. The molecular formula is C9H17NO. The van der Waals surface area contributed by atoms with Crippen LogP contribution in [0.25, 0.3) is 0 Å². The predicted molar refractivity (Wildman–Crippen MR) is 46.5 cm³/mol. The Bertz CT molecular complexity index is 176. The maximum Gasteiger partial charge on any atom is 0.0696 e. The molecule has 11 heavy (non-hydrogen) atoms. The first-order valence-corrected chi connectivity index (χ1v) is 4.03. The van der Waals surface area contributed by atoms with E-state index in [2.05, 4.69) is 18.4 Å². The summed E-state index contributed by atoms with van der Waals surface area (Å²) in [6.45, 7) is 8.77. The molecule has 0 radical (unpaired) electrons. The molecule has 1 aliphatic heterocycles. The molecule has 64 valence electrons. The van der Waals surface area contributed by atoms with Crippen LogP contribution >= 0.6 is 0 Å². The predicted octanol–water partition coefficient (Wildman–Crippen LogP) is 1.02. The average molecular weight is 155 g/mol. The molecule has 1 rings (SSSR count). The largest absolute Gasteiger partial charge is 0.391 e. The molecule has 1 saturated heterocycles. The SMILES string of the molecule is C=C1CN(C)[C@](C)([C@@H](C)O)C1. The third-order valence-corrected chi connectivity index (χ3v) is 2.84. The summed E-state index contributed by atoms with van der Waals surface area (Å²) in [5, 5.41) is 9.52. The van der Waals surface area contributed by atoms with Crippen molar-refractivity contribution in [2.24, 2.45) is 0 Å². The van der Waals surface area contributed by atoms with Crippen LogP contribution in [0.2, 0.25) is 0 Å². The van der Waals surface area contributed by atoms with Gasteiger partial charge in [0.25, 0.3) is 0 Å². The number of hydrogen-bond acceptors (Lipinski definition) is 2. The van der Waals surface area contributed by atoms with E-state index in [0.29, 0.717) is 0 Å². The van der Waals surface area contributed by atoms with Crippen molar-refractivity contribution in [3.63, 3.8) is 0 Å². The van der Waals surface area contributed by atoms with Gasteiger partial charge in [0.15, 0.2) is 0 Å². The van der Waals surface area contributed by atoms with Gasteiger partial charge in [-0.3, -0.25) is 4.90 Å². The van der Waals surface area contributed by atoms with Gasteiger partial charge in [-0.15, -0.1) is 0 Å². The van der Waals surface area contributed by atoms with Crippen molar-refractivity contribution in [2.45, 2.75) is 31.9 Å². The van der Waals surface area contributed by atoms with Crippen molar-refractivity contribution in [1.29, 1.82) is 0 Å². The van der Waals surface area contributed by atoms with Crippen molar-refractivity contribution >= 4 is 0 Å². The van der Waals surface area contributed by atoms with E-state index in [0.717, 1.165) is 13.0 Å². The fourth-order valence-electron chi connectivity index (χ4n) is 1.68. The molecule has 0 bridgehead atoms. The minimum Gasteiger partial charge on any atom is -0.391 e. The molecule has 1 fully saturated rings. The zero-order valence-corrected chi connectivity index (χ0v) is 7.59. The van der Waals surface area contributed by atoms with Gasteiger partial charge >= 0.3 is 0 Å². The molecule has 1 N–H and O–H groups in total. The summed E-state index contributed by atoms with van der Waals surface area (Å²) in [5.41, 5.74) is 1.13. The number of aliphatic hydroxyl groups is 1. The van der Waals surface area contributed by atoms with Crippen molar-refractivity contribution in [3.8, 4) is 0 Å². The minimum absolute atomic E-state index is 0.0862. The Morgan fingerprint density at radius 2 is 2.27 bits per heavy atom. The van der Waals surface area contributed by atoms with E-state index in [9.17, 15) is 5.11 Å². The lowest BCUT2D eigenvalue weighted by Gasteiger charge is -2.34. The quantitative estimate of drug-likeness (QED) is 0.571. The van der Waals surface area contributed by atoms with Crippen LogP contribution in [0.3, 0.4) is 0 Å². The Balaban J connectivity index is 2.78. The van der Waals surface area contributed by atoms with E-state index in [1.807, 2.05) is 14.0 Å². The van der Waals surface area contributed by atoms with Gasteiger partial charge in [-0.25, -0.2) is 0 Å². The fourth-order valence-corrected chi connectivity index (χ4v) is 1.68. The van der Waals surface area contributed by atoms with Crippen LogP contribution in [-0.2, 0) is 0 Å². The summed E-state index contributed by atoms with van der Waals surface area (Å²) in [6, 6.07) is 0. The molecular weight excluding hydrogens is 138 g/mol. The molecule has 0 aliphatic carbocycles. The number of likely N-dealkylation sites (tertiary alicyclic amines) is 1. The average Bonchev–Trinajstić information content (AvgIpc) is 2.08. The first kappa shape index (κ1) is 8.75. The van der Waals surface area contributed by atoms with E-state index in [1.165, 1.54) is 5.57 Å². The monoisotopic (exact) mass is 155 g/mol. The first-order chi connectivity index (χ1) is 4.97. The maximum absolute atomic E-state index is 9.52. The minimum atomic E-state index is -0.285. The molecule has 2 nitrogen and oxygen atoms in total. The Hall–Kier alpha value is -0.340. The Labute approximate surface area is 68.5 Å². The number of hydrogen-bond donors (Lipinski definition) is 1. The van der Waals surface area contributed by atoms with Crippen LogP contribution < -0.4 is 0 Å². The summed E-state index contributed by atoms with van der Waals surface area (Å²) in [7, 11) is 2.03. The van der Waals surface area contributed by atoms with E-state index in [-0.39, 0.29) is 11.6 Å². The molecule has 0 amide bonds. The summed E-state index contributed by atoms with van der Waals surface area (Å²) < 4.78 is 0. The summed E-state index contributed by atoms with van der Waals surface area (Å²) >= 11 is 0. The molecule has 0 spiro atoms. The molecule has 1 aliphatic rings. The van der Waals surface area contributed by atoms with Gasteiger partial charge in [-0.05, 0) is 27.3 Å². The van der Waals surface area contributed by atoms with E-state index in [1.54, 1.807) is 0 Å². The molecule has 0 aromatic carbocycles. The Morgan fingerprint density at radius 1 is 1.73 bits per heavy atom. The third kappa shape index (κ3) is 1.33. The highest BCUT2D eigenvalue weighted by Crippen LogP contribution is 2.32. The van der Waals surface area contributed by atoms with Crippen LogP contribution in [0.15, 0.2) is 12.2 Å². The third-order valence-electron chi connectivity index (χ3n) is 2.84. The molecule has 0 unspecified atom stereocenters. The zero-order valence-electron chi connectivity index (χ0n) is 7.59. The van der Waals surface area contributed by atoms with E-state index >= 15 is 0 Å². The van der Waals surface area contributed by atoms with E-state index in [4.69, 9.17) is 0 Å². The maximum atomic E-state index is 9.52. The Morgan fingerprint density at radius 3 is 2.45 bits per heavy atom. The van der Waals surface area contributed by atoms with Gasteiger partial charge in [-0.1, -0.05) is 12.2 Å². The summed E-state index contributed by atoms with van der Waals surface area (Å²) in [5.74, 6) is 0. The van der Waals surface area contributed by atoms with Gasteiger partial charge in [0.2, 0.25) is 0 Å². The van der Waals surface area contributed by atoms with Crippen LogP contribution in [0.1, 0.15) is 20.3 Å². The topological polar surface area (TPSA) is 23.5 Å². The van der Waals surface area contributed by atoms with Crippen LogP contribution in [0.4, 0.5) is 0 Å². The first-order valence-electron chi connectivity index (χ1n) is 4.03. The smallest absolute Gasteiger partial charge is 0.0696 e. The van der Waals surface area contributed by atoms with Gasteiger partial charge in [-0.2, -0.15) is 0 Å². The van der Waals surface area contributed by atoms with E-state index < -0.39 is 0 Å². The van der Waals surface area contributed by atoms with Gasteiger partial charge in [0, 0.05) is 12.1 Å². The highest BCUT2D eigenvalue weighted by molar-refractivity contribution is 5.14. The standard InChI is InChI=1S/C9H17NO/c1-7-5-9(3,8(2)11)10(4)6-7/h8,11H,1,5-6H2,2-4H3/t8-,9+/m1/s1. The number of rotatable bonds is 1. The second kappa shape index (κ2) is 2.61. The highest BCUT2D eigenvalue weighted by atomic mass is 16.3. The second-order valence-corrected chi connectivity index (χ2v) is 3.82. The summed E-state index contributed by atoms with van der Waals surface area (Å²) in [6.07, 6.45) is 0.632. The van der Waals surface area contributed by atoms with Gasteiger partial charge < -0.3 is 5.11 Å². The number of likely N-dealkylation sites (N-methyl/N-ethyl adjacent to an activating group) is 1. The molecule has 2 heteroatoms. The lowest BCUT2D eigenvalue weighted by Crippen LogP contribution is -2.47. The highest BCUT2D eigenvalue weighted by Gasteiger charge is 2.39. The van der Waals surface area contributed by atoms with Gasteiger partial charge in [0.05, 0.1) is 6.10 Å². The van der Waals surface area contributed by atoms with Gasteiger partial charge in [0.1, 0.15) is 0 Å². The van der Waals surface area contributed by atoms with Crippen LogP contribution in [-0.4, -0.2) is 35.2 Å². The summed E-state index contributed by atoms with van der Waals surface area (Å²) in [4.78, 5) is 2.17. The zero-order chi connectivity index (χ0) is 8.65. The van der Waals surface area contributed by atoms with Crippen molar-refractivity contribution in [2.75, 3.05) is 13.6 Å². The van der Waals surface area contributed by atoms with Crippen LogP contribution in [0.5, 0.6) is 0 Å². The number of nitrogens with zero attached hydrogens (tertiary/aromatic N) is 1. The Kier molecular flexibility index (Phi) is 2.08. The molecule has 0 saturated carbocycles. The van der Waals surface area contributed by atoms with Crippen molar-refractivity contribution < 1.29 is 5.11 Å². The fraction of sp³-hybridized carbons (Fsp3) is 0.778. The second-order valence-electron chi connectivity index (χ2n) is 3.82. The van der Waals surface area contributed by atoms with Crippen molar-refractivity contribution in [1.82, 2.24) is 4.90 Å². The van der Waals surface area contributed by atoms with Crippen molar-refractivity contribution in [3.05, 3.63) is 12.2 Å². The lowest BCUT2D eigenvalue weighted by atomic mass is 9.92. The molecule has 0 aromatic rings. The van der Waals surface area contributed by atoms with Crippen LogP contribution in [0, 0.1) is 0 Å². The normalized spacial score (nSPS) is 36.2. The molecule has 0 aromatic heterocycles. The lowest BCUT2D eigenvalue weighted by molar-refractivity contribution is 0.0301.